The molecule has 0 amide bonds. The predicted octanol–water partition coefficient (Wildman–Crippen LogP) is 4.34. The molecule has 10 nitrogen and oxygen atoms in total. The van der Waals surface area contributed by atoms with E-state index in [1.165, 1.54) is 0 Å². The molecule has 0 spiro atoms. The number of hydrogen-bond acceptors (Lipinski definition) is 9. The van der Waals surface area contributed by atoms with E-state index in [-0.39, 0.29) is 12.5 Å². The SMILES string of the molecule is C#Cc1cccc(-c2cc(-c3cn(Cc4cccc(C5(O)CCCC5)n4)nn3)nc(NCC(=O)OC(C)(C)C)n2)c1. The number of pyridine rings is 1. The molecule has 3 heterocycles. The Hall–Kier alpha value is -4.62. The Labute approximate surface area is 239 Å². The molecule has 1 fully saturated rings. The summed E-state index contributed by atoms with van der Waals surface area (Å²) in [5, 5.41) is 22.6. The lowest BCUT2D eigenvalue weighted by Crippen LogP contribution is -2.28. The molecule has 0 unspecified atom stereocenters. The molecule has 1 aliphatic rings. The van der Waals surface area contributed by atoms with Gasteiger partial charge in [0.15, 0.2) is 0 Å². The highest BCUT2D eigenvalue weighted by Gasteiger charge is 2.34. The quantitative estimate of drug-likeness (QED) is 0.243. The van der Waals surface area contributed by atoms with Crippen molar-refractivity contribution in [2.75, 3.05) is 11.9 Å². The number of hydrogen-bond donors (Lipinski definition) is 2. The molecule has 1 aromatic carbocycles. The van der Waals surface area contributed by atoms with E-state index < -0.39 is 17.2 Å². The summed E-state index contributed by atoms with van der Waals surface area (Å²) in [5.41, 5.74) is 3.15. The summed E-state index contributed by atoms with van der Waals surface area (Å²) in [4.78, 5) is 26.3. The zero-order valence-corrected chi connectivity index (χ0v) is 23.5. The molecule has 41 heavy (non-hydrogen) atoms. The maximum Gasteiger partial charge on any atom is 0.325 e. The van der Waals surface area contributed by atoms with Crippen molar-refractivity contribution in [3.05, 3.63) is 71.7 Å². The van der Waals surface area contributed by atoms with Crippen molar-refractivity contribution in [3.8, 4) is 35.0 Å². The Morgan fingerprint density at radius 2 is 1.83 bits per heavy atom. The fourth-order valence-corrected chi connectivity index (χ4v) is 4.80. The molecule has 0 atom stereocenters. The van der Waals surface area contributed by atoms with Gasteiger partial charge >= 0.3 is 5.97 Å². The van der Waals surface area contributed by atoms with Crippen molar-refractivity contribution < 1.29 is 14.6 Å². The minimum Gasteiger partial charge on any atom is -0.459 e. The lowest BCUT2D eigenvalue weighted by molar-refractivity contribution is -0.152. The van der Waals surface area contributed by atoms with E-state index in [1.807, 2.05) is 63.2 Å². The van der Waals surface area contributed by atoms with Gasteiger partial charge in [-0.1, -0.05) is 42.2 Å². The fraction of sp³-hybridized carbons (Fsp3) is 0.355. The van der Waals surface area contributed by atoms with Crippen LogP contribution in [0.3, 0.4) is 0 Å². The molecule has 0 aliphatic heterocycles. The molecule has 0 saturated heterocycles. The molecule has 10 heteroatoms. The molecule has 0 radical (unpaired) electrons. The first-order valence-electron chi connectivity index (χ1n) is 13.6. The largest absolute Gasteiger partial charge is 0.459 e. The van der Waals surface area contributed by atoms with E-state index in [9.17, 15) is 9.90 Å². The van der Waals surface area contributed by atoms with Crippen LogP contribution in [0, 0.1) is 12.3 Å². The number of terminal acetylenes is 1. The molecule has 1 aliphatic carbocycles. The molecule has 5 rings (SSSR count). The number of aliphatic hydroxyl groups is 1. The van der Waals surface area contributed by atoms with Gasteiger partial charge in [-0.15, -0.1) is 11.5 Å². The second-order valence-electron chi connectivity index (χ2n) is 11.2. The van der Waals surface area contributed by atoms with E-state index in [0.717, 1.165) is 36.9 Å². The summed E-state index contributed by atoms with van der Waals surface area (Å²) >= 11 is 0. The smallest absolute Gasteiger partial charge is 0.325 e. The zero-order valence-electron chi connectivity index (χ0n) is 23.5. The van der Waals surface area contributed by atoms with Crippen LogP contribution in [-0.4, -0.2) is 53.2 Å². The van der Waals surface area contributed by atoms with Gasteiger partial charge in [0, 0.05) is 11.1 Å². The number of aromatic nitrogens is 6. The Morgan fingerprint density at radius 3 is 2.59 bits per heavy atom. The Balaban J connectivity index is 1.41. The van der Waals surface area contributed by atoms with Crippen molar-refractivity contribution in [2.45, 2.75) is 64.2 Å². The number of nitrogens with one attached hydrogen (secondary N) is 1. The summed E-state index contributed by atoms with van der Waals surface area (Å²) in [7, 11) is 0. The summed E-state index contributed by atoms with van der Waals surface area (Å²) in [6.45, 7) is 5.70. The second kappa shape index (κ2) is 11.5. The van der Waals surface area contributed by atoms with E-state index in [2.05, 4.69) is 31.5 Å². The van der Waals surface area contributed by atoms with Gasteiger partial charge in [0.25, 0.3) is 0 Å². The molecular weight excluding hydrogens is 518 g/mol. The number of esters is 1. The van der Waals surface area contributed by atoms with Gasteiger partial charge in [-0.2, -0.15) is 0 Å². The minimum atomic E-state index is -0.861. The van der Waals surface area contributed by atoms with Crippen molar-refractivity contribution in [2.24, 2.45) is 0 Å². The molecule has 210 valence electrons. The highest BCUT2D eigenvalue weighted by atomic mass is 16.6. The topological polar surface area (TPSA) is 128 Å². The third-order valence-electron chi connectivity index (χ3n) is 6.70. The monoisotopic (exact) mass is 551 g/mol. The first-order valence-corrected chi connectivity index (χ1v) is 13.6. The number of carbonyl (C=O) groups is 1. The van der Waals surface area contributed by atoms with Gasteiger partial charge in [-0.3, -0.25) is 9.78 Å². The Bertz CT molecular complexity index is 1590. The van der Waals surface area contributed by atoms with Crippen LogP contribution in [0.1, 0.15) is 63.4 Å². The molecule has 0 bridgehead atoms. The zero-order chi connectivity index (χ0) is 29.0. The van der Waals surface area contributed by atoms with Gasteiger partial charge in [-0.25, -0.2) is 14.6 Å². The molecule has 1 saturated carbocycles. The number of anilines is 1. The highest BCUT2D eigenvalue weighted by Crippen LogP contribution is 2.37. The average Bonchev–Trinajstić information content (AvgIpc) is 3.61. The second-order valence-corrected chi connectivity index (χ2v) is 11.2. The maximum atomic E-state index is 12.3. The van der Waals surface area contributed by atoms with Gasteiger partial charge in [0.1, 0.15) is 23.4 Å². The highest BCUT2D eigenvalue weighted by molar-refractivity contribution is 5.75. The van der Waals surface area contributed by atoms with Crippen LogP contribution >= 0.6 is 0 Å². The summed E-state index contributed by atoms with van der Waals surface area (Å²) in [6, 6.07) is 15.0. The molecule has 3 aromatic heterocycles. The molecular formula is C31H33N7O3. The average molecular weight is 552 g/mol. The van der Waals surface area contributed by atoms with E-state index in [1.54, 1.807) is 16.9 Å². The van der Waals surface area contributed by atoms with Crippen LogP contribution in [0.2, 0.25) is 0 Å². The van der Waals surface area contributed by atoms with Gasteiger partial charge in [0.2, 0.25) is 5.95 Å². The van der Waals surface area contributed by atoms with Crippen molar-refractivity contribution in [1.82, 2.24) is 29.9 Å². The number of rotatable bonds is 8. The van der Waals surface area contributed by atoms with Crippen LogP contribution in [0.25, 0.3) is 22.6 Å². The van der Waals surface area contributed by atoms with Crippen molar-refractivity contribution >= 4 is 11.9 Å². The summed E-state index contributed by atoms with van der Waals surface area (Å²) in [5.74, 6) is 2.46. The number of carbonyl (C=O) groups excluding carboxylic acids is 1. The lowest BCUT2D eigenvalue weighted by atomic mass is 9.97. The Kier molecular flexibility index (Phi) is 7.81. The summed E-state index contributed by atoms with van der Waals surface area (Å²) < 4.78 is 7.08. The maximum absolute atomic E-state index is 12.3. The van der Waals surface area contributed by atoms with Crippen LogP contribution in [0.4, 0.5) is 5.95 Å². The normalized spacial score (nSPS) is 14.4. The lowest BCUT2D eigenvalue weighted by Gasteiger charge is -2.21. The molecule has 2 N–H and O–H groups in total. The Morgan fingerprint density at radius 1 is 1.07 bits per heavy atom. The van der Waals surface area contributed by atoms with Gasteiger partial charge < -0.3 is 15.2 Å². The van der Waals surface area contributed by atoms with E-state index in [4.69, 9.17) is 16.1 Å². The van der Waals surface area contributed by atoms with Gasteiger partial charge in [0.05, 0.1) is 35.5 Å². The fourth-order valence-electron chi connectivity index (χ4n) is 4.80. The van der Waals surface area contributed by atoms with Crippen molar-refractivity contribution in [1.29, 1.82) is 0 Å². The third kappa shape index (κ3) is 6.94. The van der Waals surface area contributed by atoms with Crippen LogP contribution in [-0.2, 0) is 21.7 Å². The van der Waals surface area contributed by atoms with E-state index in [0.29, 0.717) is 34.9 Å². The third-order valence-corrected chi connectivity index (χ3v) is 6.70. The van der Waals surface area contributed by atoms with Crippen LogP contribution in [0.5, 0.6) is 0 Å². The number of nitrogens with zero attached hydrogens (tertiary/aromatic N) is 6. The molecule has 4 aromatic rings. The number of benzene rings is 1. The standard InChI is InChI=1S/C31H33N7O3/c1-5-21-10-8-11-22(16-21)24-17-25(35-29(34-24)32-18-28(39)41-30(2,3)4)26-20-38(37-36-26)19-23-12-9-13-27(33-23)31(40)14-6-7-15-31/h1,8-13,16-17,20,40H,6-7,14-15,18-19H2,2-4H3,(H,32,34,35). The van der Waals surface area contributed by atoms with Crippen LogP contribution in [0.15, 0.2) is 54.7 Å². The van der Waals surface area contributed by atoms with Gasteiger partial charge in [-0.05, 0) is 63.9 Å². The predicted molar refractivity (Wildman–Crippen MR) is 154 cm³/mol. The first-order chi connectivity index (χ1) is 19.6. The minimum absolute atomic E-state index is 0.106. The first kappa shape index (κ1) is 27.9. The van der Waals surface area contributed by atoms with E-state index >= 15 is 0 Å². The van der Waals surface area contributed by atoms with Crippen LogP contribution < -0.4 is 5.32 Å². The number of ether oxygens (including phenoxy) is 1. The van der Waals surface area contributed by atoms with Crippen molar-refractivity contribution in [3.63, 3.8) is 0 Å². The summed E-state index contributed by atoms with van der Waals surface area (Å²) in [6.07, 6.45) is 10.8.